The van der Waals surface area contributed by atoms with Crippen LogP contribution in [0.5, 0.6) is 0 Å². The van der Waals surface area contributed by atoms with Crippen molar-refractivity contribution in [1.82, 2.24) is 0 Å². The fraction of sp³-hybridized carbons (Fsp3) is 0.200. The molecular formula is C10H8I2O4. The number of hydrogen-bond donors (Lipinski definition) is 2. The molecule has 0 saturated heterocycles. The number of benzene rings is 1. The Labute approximate surface area is 119 Å². The summed E-state index contributed by atoms with van der Waals surface area (Å²) >= 11 is 3.75. The van der Waals surface area contributed by atoms with Crippen LogP contribution in [0.3, 0.4) is 0 Å². The average molecular weight is 446 g/mol. The van der Waals surface area contributed by atoms with Crippen LogP contribution in [0, 0.1) is 21.0 Å². The summed E-state index contributed by atoms with van der Waals surface area (Å²) in [6.07, 6.45) is 0. The number of hydrogen-bond acceptors (Lipinski definition) is 2. The minimum absolute atomic E-state index is 0.124. The molecule has 4 nitrogen and oxygen atoms in total. The third kappa shape index (κ3) is 2.17. The highest BCUT2D eigenvalue weighted by Crippen LogP contribution is 2.30. The first-order valence-electron chi connectivity index (χ1n) is 4.23. The van der Waals surface area contributed by atoms with Gasteiger partial charge >= 0.3 is 11.9 Å². The van der Waals surface area contributed by atoms with Gasteiger partial charge in [-0.25, -0.2) is 9.59 Å². The monoisotopic (exact) mass is 446 g/mol. The third-order valence-electron chi connectivity index (χ3n) is 2.34. The zero-order chi connectivity index (χ0) is 12.6. The number of carboxylic acids is 2. The lowest BCUT2D eigenvalue weighted by molar-refractivity contribution is 0.0649. The molecule has 0 unspecified atom stereocenters. The largest absolute Gasteiger partial charge is 0.478 e. The summed E-state index contributed by atoms with van der Waals surface area (Å²) in [5.41, 5.74) is 1.38. The first-order chi connectivity index (χ1) is 7.29. The second-order valence-electron chi connectivity index (χ2n) is 3.24. The normalized spacial score (nSPS) is 10.2. The molecule has 0 spiro atoms. The molecule has 6 heteroatoms. The van der Waals surface area contributed by atoms with E-state index in [-0.39, 0.29) is 11.1 Å². The van der Waals surface area contributed by atoms with Crippen LogP contribution >= 0.6 is 45.2 Å². The Hall–Kier alpha value is -0.380. The van der Waals surface area contributed by atoms with Crippen molar-refractivity contribution >= 4 is 57.1 Å². The van der Waals surface area contributed by atoms with Crippen molar-refractivity contribution in [3.63, 3.8) is 0 Å². The van der Waals surface area contributed by atoms with Crippen LogP contribution in [-0.2, 0) is 0 Å². The Kier molecular flexibility index (Phi) is 4.16. The van der Waals surface area contributed by atoms with Crippen LogP contribution in [0.25, 0.3) is 0 Å². The van der Waals surface area contributed by atoms with E-state index in [1.807, 2.05) is 45.2 Å². The van der Waals surface area contributed by atoms with Gasteiger partial charge in [0, 0.05) is 7.14 Å². The van der Waals surface area contributed by atoms with Crippen molar-refractivity contribution < 1.29 is 19.8 Å². The average Bonchev–Trinajstić information content (AvgIpc) is 2.18. The van der Waals surface area contributed by atoms with Gasteiger partial charge in [-0.15, -0.1) is 0 Å². The summed E-state index contributed by atoms with van der Waals surface area (Å²) < 4.78 is 0.973. The van der Waals surface area contributed by atoms with Gasteiger partial charge in [-0.2, -0.15) is 0 Å². The second kappa shape index (κ2) is 4.86. The Morgan fingerprint density at radius 2 is 1.12 bits per heavy atom. The van der Waals surface area contributed by atoms with Crippen LogP contribution in [0.4, 0.5) is 0 Å². The van der Waals surface area contributed by atoms with E-state index in [0.717, 1.165) is 11.1 Å². The Morgan fingerprint density at radius 1 is 0.875 bits per heavy atom. The van der Waals surface area contributed by atoms with Crippen LogP contribution in [0.15, 0.2) is 0 Å². The van der Waals surface area contributed by atoms with Gasteiger partial charge in [-0.05, 0) is 70.2 Å². The van der Waals surface area contributed by atoms with Crippen molar-refractivity contribution in [2.75, 3.05) is 0 Å². The predicted molar refractivity (Wildman–Crippen MR) is 75.3 cm³/mol. The van der Waals surface area contributed by atoms with Gasteiger partial charge in [-0.3, -0.25) is 0 Å². The van der Waals surface area contributed by atoms with Crippen molar-refractivity contribution in [2.45, 2.75) is 13.8 Å². The molecule has 0 fully saturated rings. The third-order valence-corrected chi connectivity index (χ3v) is 5.03. The molecule has 0 aliphatic heterocycles. The number of rotatable bonds is 2. The van der Waals surface area contributed by atoms with Crippen molar-refractivity contribution in [2.24, 2.45) is 0 Å². The molecule has 1 aromatic carbocycles. The summed E-state index contributed by atoms with van der Waals surface area (Å²) in [7, 11) is 0. The van der Waals surface area contributed by atoms with E-state index in [1.165, 1.54) is 0 Å². The van der Waals surface area contributed by atoms with Crippen LogP contribution < -0.4 is 0 Å². The van der Waals surface area contributed by atoms with Crippen LogP contribution in [-0.4, -0.2) is 22.2 Å². The quantitative estimate of drug-likeness (QED) is 0.686. The fourth-order valence-corrected chi connectivity index (χ4v) is 3.14. The van der Waals surface area contributed by atoms with Crippen molar-refractivity contribution in [3.05, 3.63) is 29.4 Å². The molecular weight excluding hydrogens is 438 g/mol. The van der Waals surface area contributed by atoms with Crippen molar-refractivity contribution in [1.29, 1.82) is 0 Å². The van der Waals surface area contributed by atoms with E-state index in [0.29, 0.717) is 7.14 Å². The molecule has 0 heterocycles. The molecule has 0 atom stereocenters. The summed E-state index contributed by atoms with van der Waals surface area (Å²) in [5, 5.41) is 18.1. The minimum Gasteiger partial charge on any atom is -0.478 e. The van der Waals surface area contributed by atoms with E-state index in [2.05, 4.69) is 0 Å². The molecule has 0 aromatic heterocycles. The smallest absolute Gasteiger partial charge is 0.337 e. The summed E-state index contributed by atoms with van der Waals surface area (Å²) in [6.45, 7) is 3.58. The van der Waals surface area contributed by atoms with Gasteiger partial charge in [-0.1, -0.05) is 0 Å². The van der Waals surface area contributed by atoms with Gasteiger partial charge in [0.2, 0.25) is 0 Å². The van der Waals surface area contributed by atoms with E-state index >= 15 is 0 Å². The van der Waals surface area contributed by atoms with E-state index in [1.54, 1.807) is 13.8 Å². The van der Waals surface area contributed by atoms with E-state index in [4.69, 9.17) is 10.2 Å². The second-order valence-corrected chi connectivity index (χ2v) is 5.40. The summed E-state index contributed by atoms with van der Waals surface area (Å²) in [5.74, 6) is -2.41. The van der Waals surface area contributed by atoms with Gasteiger partial charge in [0.05, 0.1) is 11.1 Å². The molecule has 0 bridgehead atoms. The molecule has 0 aliphatic carbocycles. The lowest BCUT2D eigenvalue weighted by Crippen LogP contribution is -2.15. The lowest BCUT2D eigenvalue weighted by atomic mass is 10.00. The molecule has 1 rings (SSSR count). The van der Waals surface area contributed by atoms with Gasteiger partial charge in [0.1, 0.15) is 0 Å². The zero-order valence-electron chi connectivity index (χ0n) is 8.47. The first kappa shape index (κ1) is 13.7. The number of halogens is 2. The highest BCUT2D eigenvalue weighted by Gasteiger charge is 2.25. The fourth-order valence-electron chi connectivity index (χ4n) is 1.33. The molecule has 1 aromatic rings. The molecule has 0 radical (unpaired) electrons. The highest BCUT2D eigenvalue weighted by atomic mass is 127. The number of carbonyl (C=O) groups is 2. The lowest BCUT2D eigenvalue weighted by Gasteiger charge is -2.13. The van der Waals surface area contributed by atoms with Gasteiger partial charge in [0.25, 0.3) is 0 Å². The minimum atomic E-state index is -1.21. The highest BCUT2D eigenvalue weighted by molar-refractivity contribution is 14.1. The SMILES string of the molecule is Cc1c(C)c(I)c(C(=O)O)c(C(=O)O)c1I. The number of aromatic carboxylic acids is 2. The standard InChI is InChI=1S/C10H8I2O4/c1-3-4(2)8(12)6(10(15)16)5(7(3)11)9(13)14/h1-2H3,(H,13,14)(H,15,16). The molecule has 86 valence electrons. The van der Waals surface area contributed by atoms with Crippen molar-refractivity contribution in [3.8, 4) is 0 Å². The van der Waals surface area contributed by atoms with Crippen LogP contribution in [0.1, 0.15) is 31.8 Å². The number of carboxylic acid groups (broad SMARTS) is 2. The van der Waals surface area contributed by atoms with Gasteiger partial charge in [0.15, 0.2) is 0 Å². The maximum absolute atomic E-state index is 11.1. The Morgan fingerprint density at radius 3 is 1.31 bits per heavy atom. The summed E-state index contributed by atoms with van der Waals surface area (Å²) in [4.78, 5) is 22.2. The molecule has 0 aliphatic rings. The Balaban J connectivity index is 3.83. The zero-order valence-corrected chi connectivity index (χ0v) is 12.8. The maximum Gasteiger partial charge on any atom is 0.337 e. The first-order valence-corrected chi connectivity index (χ1v) is 6.39. The molecule has 16 heavy (non-hydrogen) atoms. The maximum atomic E-state index is 11.1. The predicted octanol–water partition coefficient (Wildman–Crippen LogP) is 2.91. The van der Waals surface area contributed by atoms with E-state index < -0.39 is 11.9 Å². The molecule has 0 amide bonds. The molecule has 0 saturated carbocycles. The summed E-state index contributed by atoms with van der Waals surface area (Å²) in [6, 6.07) is 0. The Bertz CT molecular complexity index is 449. The molecule has 2 N–H and O–H groups in total. The van der Waals surface area contributed by atoms with Gasteiger partial charge < -0.3 is 10.2 Å². The van der Waals surface area contributed by atoms with E-state index in [9.17, 15) is 9.59 Å². The topological polar surface area (TPSA) is 74.6 Å². The van der Waals surface area contributed by atoms with Crippen LogP contribution in [0.2, 0.25) is 0 Å².